The van der Waals surface area contributed by atoms with Gasteiger partial charge in [0, 0.05) is 43.6 Å². The summed E-state index contributed by atoms with van der Waals surface area (Å²) in [5.41, 5.74) is 13.3. The lowest BCUT2D eigenvalue weighted by molar-refractivity contribution is 1.18. The standard InChI is InChI=1S/C52H33N3/c1-3-40-41(4-2)50-43-25-23-34-14-11-12-21-42(34)52(43)54-51(35-15-7-5-8-16-35)47(50)31-44(40)38-18-13-17-36(29-38)37-24-27-49-46(30-37)45-28-33(32-53)22-26-48(45)55(49)39-19-9-6-10-20-39/h3-31H,1-2H2. The zero-order valence-corrected chi connectivity index (χ0v) is 30.0. The minimum atomic E-state index is 0.642. The lowest BCUT2D eigenvalue weighted by atomic mass is 9.86. The molecule has 0 N–H and O–H groups in total. The van der Waals surface area contributed by atoms with Gasteiger partial charge >= 0.3 is 0 Å². The molecular formula is C52H33N3. The molecule has 2 aromatic heterocycles. The molecule has 0 spiro atoms. The highest BCUT2D eigenvalue weighted by Gasteiger charge is 2.20. The van der Waals surface area contributed by atoms with E-state index in [1.54, 1.807) is 0 Å². The van der Waals surface area contributed by atoms with E-state index in [-0.39, 0.29) is 0 Å². The van der Waals surface area contributed by atoms with E-state index in [1.807, 2.05) is 36.4 Å². The van der Waals surface area contributed by atoms with Gasteiger partial charge in [-0.05, 0) is 93.4 Å². The first-order valence-corrected chi connectivity index (χ1v) is 18.4. The van der Waals surface area contributed by atoms with Crippen molar-refractivity contribution in [2.45, 2.75) is 0 Å². The number of rotatable bonds is 6. The summed E-state index contributed by atoms with van der Waals surface area (Å²) in [7, 11) is 0. The third-order valence-corrected chi connectivity index (χ3v) is 10.9. The van der Waals surface area contributed by atoms with Crippen molar-refractivity contribution in [3.63, 3.8) is 0 Å². The Kier molecular flexibility index (Phi) is 7.50. The predicted molar refractivity (Wildman–Crippen MR) is 232 cm³/mol. The Hall–Kier alpha value is -7.54. The van der Waals surface area contributed by atoms with Gasteiger partial charge in [0.05, 0.1) is 33.9 Å². The van der Waals surface area contributed by atoms with Gasteiger partial charge in [0.15, 0.2) is 0 Å². The summed E-state index contributed by atoms with van der Waals surface area (Å²) < 4.78 is 2.28. The molecule has 10 aromatic rings. The SMILES string of the molecule is C=Cc1c(-c2cccc(-c3ccc4c(c3)c3cc(C#N)ccc3n4-c3ccccc3)c2)cc2c(-c3ccccc3)nc3c4ccccc4ccc3c2c1C=C. The maximum absolute atomic E-state index is 9.81. The van der Waals surface area contributed by atoms with Crippen LogP contribution in [0.5, 0.6) is 0 Å². The molecule has 0 atom stereocenters. The van der Waals surface area contributed by atoms with E-state index in [0.717, 1.165) is 105 Å². The van der Waals surface area contributed by atoms with Crippen molar-refractivity contribution in [1.82, 2.24) is 9.55 Å². The maximum atomic E-state index is 9.81. The van der Waals surface area contributed by atoms with E-state index in [2.05, 4.69) is 163 Å². The average molecular weight is 700 g/mol. The first-order valence-electron chi connectivity index (χ1n) is 18.4. The second kappa shape index (κ2) is 12.8. The zero-order chi connectivity index (χ0) is 37.0. The number of nitrogens with zero attached hydrogens (tertiary/aromatic N) is 3. The monoisotopic (exact) mass is 699 g/mol. The van der Waals surface area contributed by atoms with Gasteiger partial charge < -0.3 is 4.57 Å². The number of para-hydroxylation sites is 1. The third-order valence-electron chi connectivity index (χ3n) is 10.9. The second-order valence-electron chi connectivity index (χ2n) is 13.9. The number of fused-ring (bicyclic) bond motifs is 8. The van der Waals surface area contributed by atoms with E-state index in [0.29, 0.717) is 5.56 Å². The number of aromatic nitrogens is 2. The van der Waals surface area contributed by atoms with Crippen molar-refractivity contribution in [3.05, 3.63) is 194 Å². The maximum Gasteiger partial charge on any atom is 0.0991 e. The van der Waals surface area contributed by atoms with Crippen LogP contribution in [0.1, 0.15) is 16.7 Å². The van der Waals surface area contributed by atoms with Crippen LogP contribution in [-0.2, 0) is 0 Å². The van der Waals surface area contributed by atoms with E-state index >= 15 is 0 Å². The summed E-state index contributed by atoms with van der Waals surface area (Å²) in [5.74, 6) is 0. The van der Waals surface area contributed by atoms with Crippen molar-refractivity contribution in [2.24, 2.45) is 0 Å². The van der Waals surface area contributed by atoms with Gasteiger partial charge in [-0.15, -0.1) is 0 Å². The molecule has 8 aromatic carbocycles. The summed E-state index contributed by atoms with van der Waals surface area (Å²) in [4.78, 5) is 5.44. The lowest BCUT2D eigenvalue weighted by Gasteiger charge is -2.19. The number of pyridine rings is 1. The largest absolute Gasteiger partial charge is 0.309 e. The van der Waals surface area contributed by atoms with Gasteiger partial charge in [0.25, 0.3) is 0 Å². The van der Waals surface area contributed by atoms with Crippen LogP contribution in [0.4, 0.5) is 0 Å². The van der Waals surface area contributed by atoms with Crippen LogP contribution < -0.4 is 0 Å². The normalized spacial score (nSPS) is 11.4. The van der Waals surface area contributed by atoms with Crippen LogP contribution in [0.2, 0.25) is 0 Å². The summed E-state index contributed by atoms with van der Waals surface area (Å²) in [6.45, 7) is 8.70. The topological polar surface area (TPSA) is 41.6 Å². The average Bonchev–Trinajstić information content (AvgIpc) is 3.58. The Balaban J connectivity index is 1.21. The van der Waals surface area contributed by atoms with Crippen LogP contribution >= 0.6 is 0 Å². The van der Waals surface area contributed by atoms with Crippen LogP contribution in [-0.4, -0.2) is 9.55 Å². The fourth-order valence-corrected chi connectivity index (χ4v) is 8.43. The summed E-state index contributed by atoms with van der Waals surface area (Å²) in [6.07, 6.45) is 3.94. The van der Waals surface area contributed by atoms with Crippen molar-refractivity contribution in [2.75, 3.05) is 0 Å². The van der Waals surface area contributed by atoms with Gasteiger partial charge in [0.2, 0.25) is 0 Å². The molecule has 0 saturated heterocycles. The summed E-state index contributed by atoms with van der Waals surface area (Å²) in [5, 5.41) is 17.5. The van der Waals surface area contributed by atoms with Crippen molar-refractivity contribution in [1.29, 1.82) is 5.26 Å². The minimum absolute atomic E-state index is 0.642. The Morgan fingerprint density at radius 2 is 1.18 bits per heavy atom. The quantitative estimate of drug-likeness (QED) is 0.162. The lowest BCUT2D eigenvalue weighted by Crippen LogP contribution is -1.97. The molecule has 3 nitrogen and oxygen atoms in total. The fraction of sp³-hybridized carbons (Fsp3) is 0. The molecule has 0 aliphatic carbocycles. The van der Waals surface area contributed by atoms with Gasteiger partial charge in [-0.2, -0.15) is 5.26 Å². The van der Waals surface area contributed by atoms with Crippen molar-refractivity contribution >= 4 is 66.4 Å². The summed E-state index contributed by atoms with van der Waals surface area (Å²) >= 11 is 0. The first kappa shape index (κ1) is 32.1. The van der Waals surface area contributed by atoms with Gasteiger partial charge in [-0.3, -0.25) is 0 Å². The second-order valence-corrected chi connectivity index (χ2v) is 13.9. The molecule has 55 heavy (non-hydrogen) atoms. The molecule has 0 saturated carbocycles. The highest BCUT2D eigenvalue weighted by Crippen LogP contribution is 2.43. The Morgan fingerprint density at radius 1 is 0.509 bits per heavy atom. The fourth-order valence-electron chi connectivity index (χ4n) is 8.43. The molecule has 256 valence electrons. The molecule has 0 unspecified atom stereocenters. The Labute approximate surface area is 319 Å². The number of hydrogen-bond donors (Lipinski definition) is 0. The predicted octanol–water partition coefficient (Wildman–Crippen LogP) is 13.8. The van der Waals surface area contributed by atoms with Crippen LogP contribution in [0.3, 0.4) is 0 Å². The summed E-state index contributed by atoms with van der Waals surface area (Å²) in [6, 6.07) is 59.7. The molecular weight excluding hydrogens is 667 g/mol. The van der Waals surface area contributed by atoms with E-state index in [9.17, 15) is 5.26 Å². The van der Waals surface area contributed by atoms with E-state index in [4.69, 9.17) is 4.98 Å². The van der Waals surface area contributed by atoms with Gasteiger partial charge in [-0.1, -0.05) is 135 Å². The van der Waals surface area contributed by atoms with E-state index in [1.165, 1.54) is 0 Å². The van der Waals surface area contributed by atoms with Gasteiger partial charge in [-0.25, -0.2) is 4.98 Å². The molecule has 0 aliphatic heterocycles. The third kappa shape index (κ3) is 5.08. The highest BCUT2D eigenvalue weighted by molar-refractivity contribution is 6.22. The smallest absolute Gasteiger partial charge is 0.0991 e. The molecule has 0 bridgehead atoms. The molecule has 2 heterocycles. The van der Waals surface area contributed by atoms with Crippen LogP contribution in [0, 0.1) is 11.3 Å². The van der Waals surface area contributed by atoms with Crippen LogP contribution in [0.15, 0.2) is 177 Å². The van der Waals surface area contributed by atoms with E-state index < -0.39 is 0 Å². The molecule has 10 rings (SSSR count). The Morgan fingerprint density at radius 3 is 1.96 bits per heavy atom. The number of nitriles is 1. The molecule has 0 aliphatic rings. The molecule has 3 heteroatoms. The highest BCUT2D eigenvalue weighted by atomic mass is 15.0. The molecule has 0 fully saturated rings. The van der Waals surface area contributed by atoms with Crippen molar-refractivity contribution in [3.8, 4) is 45.3 Å². The minimum Gasteiger partial charge on any atom is -0.309 e. The first-order chi connectivity index (χ1) is 27.1. The number of hydrogen-bond acceptors (Lipinski definition) is 2. The van der Waals surface area contributed by atoms with Crippen LogP contribution in [0.25, 0.3) is 106 Å². The number of benzene rings is 8. The zero-order valence-electron chi connectivity index (χ0n) is 30.0. The van der Waals surface area contributed by atoms with Crippen molar-refractivity contribution < 1.29 is 0 Å². The van der Waals surface area contributed by atoms with Gasteiger partial charge in [0.1, 0.15) is 0 Å². The molecule has 0 amide bonds. The molecule has 0 radical (unpaired) electrons. The Bertz CT molecular complexity index is 3240.